The third-order valence-corrected chi connectivity index (χ3v) is 4.22. The van der Waals surface area contributed by atoms with Crippen LogP contribution in [0.5, 0.6) is 0 Å². The Balaban J connectivity index is 1.78. The zero-order chi connectivity index (χ0) is 12.3. The van der Waals surface area contributed by atoms with E-state index in [0.29, 0.717) is 12.1 Å². The van der Waals surface area contributed by atoms with E-state index >= 15 is 0 Å². The molecule has 0 radical (unpaired) electrons. The van der Waals surface area contributed by atoms with Crippen LogP contribution in [0.25, 0.3) is 0 Å². The van der Waals surface area contributed by atoms with Gasteiger partial charge < -0.3 is 15.5 Å². The molecule has 2 aliphatic heterocycles. The van der Waals surface area contributed by atoms with Crippen LogP contribution in [-0.4, -0.2) is 49.6 Å². The van der Waals surface area contributed by atoms with Crippen molar-refractivity contribution in [2.24, 2.45) is 5.92 Å². The van der Waals surface area contributed by atoms with Crippen molar-refractivity contribution in [3.05, 3.63) is 0 Å². The number of hydrogen-bond acceptors (Lipinski definition) is 3. The van der Waals surface area contributed by atoms with Crippen LogP contribution in [0.2, 0.25) is 0 Å². The van der Waals surface area contributed by atoms with Crippen LogP contribution in [0.3, 0.4) is 0 Å². The van der Waals surface area contributed by atoms with E-state index in [-0.39, 0.29) is 11.8 Å². The molecule has 2 N–H and O–H groups in total. The Morgan fingerprint density at radius 3 is 2.88 bits per heavy atom. The van der Waals surface area contributed by atoms with Crippen LogP contribution in [0, 0.1) is 5.92 Å². The summed E-state index contributed by atoms with van der Waals surface area (Å²) in [4.78, 5) is 14.5. The van der Waals surface area contributed by atoms with Crippen molar-refractivity contribution >= 4 is 5.91 Å². The molecule has 0 saturated carbocycles. The van der Waals surface area contributed by atoms with Gasteiger partial charge in [0, 0.05) is 25.2 Å². The lowest BCUT2D eigenvalue weighted by Gasteiger charge is -2.36. The average molecular weight is 239 g/mol. The lowest BCUT2D eigenvalue weighted by Crippen LogP contribution is -2.50. The number of amides is 1. The van der Waals surface area contributed by atoms with Crippen molar-refractivity contribution < 1.29 is 4.79 Å². The minimum atomic E-state index is 0.193. The minimum absolute atomic E-state index is 0.193. The summed E-state index contributed by atoms with van der Waals surface area (Å²) in [6.07, 6.45) is 4.35. The first kappa shape index (κ1) is 12.8. The number of hydrogen-bond donors (Lipinski definition) is 2. The highest BCUT2D eigenvalue weighted by Gasteiger charge is 2.27. The highest BCUT2D eigenvalue weighted by Crippen LogP contribution is 2.17. The number of nitrogens with zero attached hydrogens (tertiary/aromatic N) is 1. The molecule has 98 valence electrons. The number of likely N-dealkylation sites (tertiary alicyclic amines) is 1. The Kier molecular flexibility index (Phi) is 4.40. The second-order valence-electron chi connectivity index (χ2n) is 5.60. The van der Waals surface area contributed by atoms with E-state index in [0.717, 1.165) is 45.3 Å². The largest absolute Gasteiger partial charge is 0.353 e. The van der Waals surface area contributed by atoms with Gasteiger partial charge in [-0.15, -0.1) is 0 Å². The van der Waals surface area contributed by atoms with Crippen LogP contribution < -0.4 is 10.6 Å². The van der Waals surface area contributed by atoms with Crippen LogP contribution >= 0.6 is 0 Å². The lowest BCUT2D eigenvalue weighted by molar-refractivity contribution is -0.126. The zero-order valence-electron chi connectivity index (χ0n) is 11.0. The van der Waals surface area contributed by atoms with Crippen molar-refractivity contribution in [2.45, 2.75) is 44.7 Å². The van der Waals surface area contributed by atoms with Gasteiger partial charge in [-0.2, -0.15) is 0 Å². The van der Waals surface area contributed by atoms with E-state index < -0.39 is 0 Å². The van der Waals surface area contributed by atoms with Gasteiger partial charge in [0.05, 0.1) is 5.92 Å². The fourth-order valence-corrected chi connectivity index (χ4v) is 2.82. The van der Waals surface area contributed by atoms with Gasteiger partial charge in [-0.05, 0) is 46.2 Å². The topological polar surface area (TPSA) is 44.4 Å². The first-order chi connectivity index (χ1) is 8.16. The number of piperidine rings is 2. The maximum atomic E-state index is 12.1. The van der Waals surface area contributed by atoms with E-state index in [1.807, 2.05) is 0 Å². The molecule has 4 heteroatoms. The van der Waals surface area contributed by atoms with Crippen LogP contribution in [0.1, 0.15) is 32.6 Å². The van der Waals surface area contributed by atoms with Gasteiger partial charge in [0.25, 0.3) is 0 Å². The molecule has 2 rings (SSSR count). The highest BCUT2D eigenvalue weighted by atomic mass is 16.2. The Morgan fingerprint density at radius 1 is 1.41 bits per heavy atom. The van der Waals surface area contributed by atoms with Crippen molar-refractivity contribution in [3.8, 4) is 0 Å². The molecule has 1 amide bonds. The fraction of sp³-hybridized carbons (Fsp3) is 0.923. The molecule has 0 bridgehead atoms. The summed E-state index contributed by atoms with van der Waals surface area (Å²) in [7, 11) is 2.16. The van der Waals surface area contributed by atoms with Crippen molar-refractivity contribution in [2.75, 3.05) is 26.7 Å². The molecule has 0 aliphatic carbocycles. The molecule has 2 heterocycles. The molecular weight excluding hydrogens is 214 g/mol. The zero-order valence-corrected chi connectivity index (χ0v) is 11.0. The third kappa shape index (κ3) is 3.42. The monoisotopic (exact) mass is 239 g/mol. The van der Waals surface area contributed by atoms with Crippen LogP contribution in [0.4, 0.5) is 0 Å². The Bertz CT molecular complexity index is 263. The SMILES string of the molecule is CC1CC(NC(=O)C2CCCNC2)CCN1C. The van der Waals surface area contributed by atoms with E-state index in [4.69, 9.17) is 0 Å². The molecule has 4 nitrogen and oxygen atoms in total. The summed E-state index contributed by atoms with van der Waals surface area (Å²) in [5, 5.41) is 6.53. The van der Waals surface area contributed by atoms with Crippen molar-refractivity contribution in [1.29, 1.82) is 0 Å². The summed E-state index contributed by atoms with van der Waals surface area (Å²) >= 11 is 0. The molecule has 2 aliphatic rings. The Morgan fingerprint density at radius 2 is 2.24 bits per heavy atom. The fourth-order valence-electron chi connectivity index (χ4n) is 2.82. The molecule has 2 saturated heterocycles. The first-order valence-corrected chi connectivity index (χ1v) is 6.88. The Hall–Kier alpha value is -0.610. The predicted molar refractivity (Wildman–Crippen MR) is 68.9 cm³/mol. The normalized spacial score (nSPS) is 35.5. The first-order valence-electron chi connectivity index (χ1n) is 6.88. The van der Waals surface area contributed by atoms with Gasteiger partial charge in [-0.25, -0.2) is 0 Å². The molecule has 0 aromatic rings. The molecule has 2 fully saturated rings. The third-order valence-electron chi connectivity index (χ3n) is 4.22. The Labute approximate surface area is 104 Å². The maximum Gasteiger partial charge on any atom is 0.224 e. The molecule has 0 aromatic heterocycles. The second-order valence-corrected chi connectivity index (χ2v) is 5.60. The summed E-state index contributed by atoms with van der Waals surface area (Å²) < 4.78 is 0. The second kappa shape index (κ2) is 5.83. The minimum Gasteiger partial charge on any atom is -0.353 e. The smallest absolute Gasteiger partial charge is 0.224 e. The summed E-state index contributed by atoms with van der Waals surface area (Å²) in [5.41, 5.74) is 0. The average Bonchev–Trinajstić information content (AvgIpc) is 2.35. The summed E-state index contributed by atoms with van der Waals surface area (Å²) in [5.74, 6) is 0.456. The van der Waals surface area contributed by atoms with E-state index in [9.17, 15) is 4.79 Å². The van der Waals surface area contributed by atoms with Gasteiger partial charge >= 0.3 is 0 Å². The predicted octanol–water partition coefficient (Wildman–Crippen LogP) is 0.585. The van der Waals surface area contributed by atoms with E-state index in [1.165, 1.54) is 0 Å². The summed E-state index contributed by atoms with van der Waals surface area (Å²) in [6.45, 7) is 5.25. The number of nitrogens with one attached hydrogen (secondary N) is 2. The van der Waals surface area contributed by atoms with Gasteiger partial charge in [0.2, 0.25) is 5.91 Å². The lowest BCUT2D eigenvalue weighted by atomic mass is 9.95. The van der Waals surface area contributed by atoms with Crippen LogP contribution in [-0.2, 0) is 4.79 Å². The number of carbonyl (C=O) groups is 1. The van der Waals surface area contributed by atoms with Crippen molar-refractivity contribution in [1.82, 2.24) is 15.5 Å². The van der Waals surface area contributed by atoms with Gasteiger partial charge in [0.15, 0.2) is 0 Å². The molecular formula is C13H25N3O. The van der Waals surface area contributed by atoms with Gasteiger partial charge in [-0.1, -0.05) is 0 Å². The molecule has 3 atom stereocenters. The standard InChI is InChI=1S/C13H25N3O/c1-10-8-12(5-7-16(10)2)15-13(17)11-4-3-6-14-9-11/h10-12,14H,3-9H2,1-2H3,(H,15,17). The van der Waals surface area contributed by atoms with Gasteiger partial charge in [-0.3, -0.25) is 4.79 Å². The van der Waals surface area contributed by atoms with E-state index in [2.05, 4.69) is 29.5 Å². The highest BCUT2D eigenvalue weighted by molar-refractivity contribution is 5.79. The number of rotatable bonds is 2. The summed E-state index contributed by atoms with van der Waals surface area (Å²) in [6, 6.07) is 0.967. The van der Waals surface area contributed by atoms with Crippen LogP contribution in [0.15, 0.2) is 0 Å². The quantitative estimate of drug-likeness (QED) is 0.741. The number of carbonyl (C=O) groups excluding carboxylic acids is 1. The molecule has 17 heavy (non-hydrogen) atoms. The van der Waals surface area contributed by atoms with Crippen molar-refractivity contribution in [3.63, 3.8) is 0 Å². The molecule has 0 spiro atoms. The molecule has 3 unspecified atom stereocenters. The maximum absolute atomic E-state index is 12.1. The van der Waals surface area contributed by atoms with E-state index in [1.54, 1.807) is 0 Å². The molecule has 0 aromatic carbocycles. The van der Waals surface area contributed by atoms with Gasteiger partial charge in [0.1, 0.15) is 0 Å².